The van der Waals surface area contributed by atoms with Gasteiger partial charge in [0.1, 0.15) is 0 Å². The van der Waals surface area contributed by atoms with Gasteiger partial charge in [0, 0.05) is 0 Å². The van der Waals surface area contributed by atoms with E-state index in [2.05, 4.69) is 20.3 Å². The molecule has 0 N–H and O–H groups in total. The molecule has 0 rings (SSSR count). The van der Waals surface area contributed by atoms with Crippen molar-refractivity contribution < 1.29 is 0 Å². The minimum absolute atomic E-state index is 0.367. The van der Waals surface area contributed by atoms with Gasteiger partial charge in [-0.2, -0.15) is 0 Å². The van der Waals surface area contributed by atoms with E-state index in [1.54, 1.807) is 0 Å². The van der Waals surface area contributed by atoms with Crippen LogP contribution in [0.4, 0.5) is 0 Å². The van der Waals surface area contributed by atoms with Crippen LogP contribution in [-0.2, 0) is 0 Å². The van der Waals surface area contributed by atoms with Gasteiger partial charge in [0.15, 0.2) is 0 Å². The van der Waals surface area contributed by atoms with Gasteiger partial charge < -0.3 is 0 Å². The highest BCUT2D eigenvalue weighted by Gasteiger charge is 1.94. The lowest BCUT2D eigenvalue weighted by Crippen LogP contribution is -1.84. The molecule has 0 atom stereocenters. The average molecular weight is 216 g/mol. The fraction of sp³-hybridized carbons (Fsp3) is 1.00. The highest BCUT2D eigenvalue weighted by atomic mass is 31.1. The molecule has 0 fully saturated rings. The molecule has 0 nitrogen and oxygen atoms in total. The molecular weight excluding hydrogens is 187 g/mol. The van der Waals surface area contributed by atoms with Gasteiger partial charge in [0.25, 0.3) is 0 Å². The molecule has 0 bridgehead atoms. The normalized spacial score (nSPS) is 11.1. The van der Waals surface area contributed by atoms with Crippen LogP contribution in [0.25, 0.3) is 0 Å². The fourth-order valence-electron chi connectivity index (χ4n) is 1.74. The summed E-state index contributed by atoms with van der Waals surface area (Å²) in [5, 5.41) is 0. The van der Waals surface area contributed by atoms with Crippen molar-refractivity contribution in [3.63, 3.8) is 0 Å². The highest BCUT2D eigenvalue weighted by molar-refractivity contribution is 7.55. The maximum atomic E-state index is 2.39. The summed E-state index contributed by atoms with van der Waals surface area (Å²) < 4.78 is 0. The molecule has 0 saturated carbocycles. The summed E-state index contributed by atoms with van der Waals surface area (Å²) in [4.78, 5) is 0. The predicted molar refractivity (Wildman–Crippen MR) is 70.9 cm³/mol. The molecule has 0 aliphatic heterocycles. The van der Waals surface area contributed by atoms with E-state index >= 15 is 0 Å². The summed E-state index contributed by atoms with van der Waals surface area (Å²) >= 11 is 0. The largest absolute Gasteiger partial charge is 0.113 e. The predicted octanol–water partition coefficient (Wildman–Crippen LogP) is 5.26. The van der Waals surface area contributed by atoms with Gasteiger partial charge in [-0.15, -0.1) is 7.92 Å². The maximum Gasteiger partial charge on any atom is -0.0331 e. The number of hydrogen-bond acceptors (Lipinski definition) is 0. The number of unbranched alkanes of at least 4 members (excludes halogenated alkanes) is 8. The van der Waals surface area contributed by atoms with Crippen LogP contribution in [-0.4, -0.2) is 19.5 Å². The van der Waals surface area contributed by atoms with Crippen molar-refractivity contribution in [1.82, 2.24) is 0 Å². The Morgan fingerprint density at radius 2 is 1.07 bits per heavy atom. The molecule has 0 heterocycles. The molecule has 0 saturated heterocycles. The van der Waals surface area contributed by atoms with Gasteiger partial charge in [0.05, 0.1) is 0 Å². The molecule has 0 unspecified atom stereocenters. The van der Waals surface area contributed by atoms with E-state index in [1.807, 2.05) is 0 Å². The Kier molecular flexibility index (Phi) is 11.9. The summed E-state index contributed by atoms with van der Waals surface area (Å²) in [6.07, 6.45) is 14.6. The van der Waals surface area contributed by atoms with Crippen molar-refractivity contribution in [3.05, 3.63) is 0 Å². The molecule has 0 aromatic heterocycles. The standard InChI is InChI=1S/C13H29P/c1-4-5-6-7-8-9-10-11-12-13-14(2)3/h4-13H2,1-3H3. The van der Waals surface area contributed by atoms with Crippen LogP contribution >= 0.6 is 7.92 Å². The van der Waals surface area contributed by atoms with Crippen LogP contribution in [0.2, 0.25) is 0 Å². The first kappa shape index (κ1) is 14.4. The van der Waals surface area contributed by atoms with Crippen molar-refractivity contribution in [1.29, 1.82) is 0 Å². The van der Waals surface area contributed by atoms with E-state index in [0.29, 0.717) is 7.92 Å². The Hall–Kier alpha value is 0.430. The lowest BCUT2D eigenvalue weighted by molar-refractivity contribution is 0.573. The number of rotatable bonds is 10. The van der Waals surface area contributed by atoms with E-state index in [1.165, 1.54) is 63.9 Å². The molecule has 0 amide bonds. The zero-order valence-corrected chi connectivity index (χ0v) is 11.4. The fourth-order valence-corrected chi connectivity index (χ4v) is 2.59. The quantitative estimate of drug-likeness (QED) is 0.345. The van der Waals surface area contributed by atoms with Crippen molar-refractivity contribution >= 4 is 7.92 Å². The van der Waals surface area contributed by atoms with Crippen LogP contribution < -0.4 is 0 Å². The van der Waals surface area contributed by atoms with E-state index in [9.17, 15) is 0 Å². The second-order valence-corrected chi connectivity index (χ2v) is 7.24. The first-order valence-electron chi connectivity index (χ1n) is 6.42. The van der Waals surface area contributed by atoms with Crippen LogP contribution in [0.1, 0.15) is 64.7 Å². The maximum absolute atomic E-state index is 2.39. The summed E-state index contributed by atoms with van der Waals surface area (Å²) in [6, 6.07) is 0. The zero-order valence-electron chi connectivity index (χ0n) is 10.5. The zero-order chi connectivity index (χ0) is 10.6. The molecule has 0 spiro atoms. The van der Waals surface area contributed by atoms with E-state index in [4.69, 9.17) is 0 Å². The summed E-state index contributed by atoms with van der Waals surface area (Å²) in [5.41, 5.74) is 0. The molecule has 14 heavy (non-hydrogen) atoms. The van der Waals surface area contributed by atoms with Crippen LogP contribution in [0.5, 0.6) is 0 Å². The molecule has 0 aliphatic rings. The van der Waals surface area contributed by atoms with Gasteiger partial charge in [-0.1, -0.05) is 58.3 Å². The van der Waals surface area contributed by atoms with Gasteiger partial charge in [-0.05, 0) is 25.9 Å². The van der Waals surface area contributed by atoms with E-state index in [-0.39, 0.29) is 0 Å². The van der Waals surface area contributed by atoms with Gasteiger partial charge in [-0.25, -0.2) is 0 Å². The first-order chi connectivity index (χ1) is 6.77. The monoisotopic (exact) mass is 216 g/mol. The Balaban J connectivity index is 2.85. The van der Waals surface area contributed by atoms with Crippen molar-refractivity contribution in [3.8, 4) is 0 Å². The van der Waals surface area contributed by atoms with Crippen LogP contribution in [0.15, 0.2) is 0 Å². The summed E-state index contributed by atoms with van der Waals surface area (Å²) in [7, 11) is 0.367. The van der Waals surface area contributed by atoms with Crippen LogP contribution in [0.3, 0.4) is 0 Å². The average Bonchev–Trinajstić information content (AvgIpc) is 2.15. The van der Waals surface area contributed by atoms with Crippen LogP contribution in [0, 0.1) is 0 Å². The first-order valence-corrected chi connectivity index (χ1v) is 8.84. The minimum Gasteiger partial charge on any atom is -0.113 e. The van der Waals surface area contributed by atoms with Crippen molar-refractivity contribution in [2.75, 3.05) is 19.5 Å². The molecule has 1 heteroatoms. The summed E-state index contributed by atoms with van der Waals surface area (Å²) in [5.74, 6) is 0. The molecule has 86 valence electrons. The lowest BCUT2D eigenvalue weighted by atomic mass is 10.1. The van der Waals surface area contributed by atoms with E-state index in [0.717, 1.165) is 0 Å². The molecule has 0 radical (unpaired) electrons. The Labute approximate surface area is 92.6 Å². The lowest BCUT2D eigenvalue weighted by Gasteiger charge is -2.04. The topological polar surface area (TPSA) is 0 Å². The van der Waals surface area contributed by atoms with Gasteiger partial charge in [-0.3, -0.25) is 0 Å². The van der Waals surface area contributed by atoms with Crippen molar-refractivity contribution in [2.45, 2.75) is 64.7 Å². The summed E-state index contributed by atoms with van der Waals surface area (Å²) in [6.45, 7) is 7.06. The third-order valence-electron chi connectivity index (χ3n) is 2.71. The smallest absolute Gasteiger partial charge is 0.0331 e. The second-order valence-electron chi connectivity index (χ2n) is 4.63. The number of hydrogen-bond donors (Lipinski definition) is 0. The molecule has 0 aliphatic carbocycles. The third-order valence-corrected chi connectivity index (χ3v) is 3.92. The van der Waals surface area contributed by atoms with E-state index < -0.39 is 0 Å². The SMILES string of the molecule is CCCCCCCCCCCP(C)C. The Morgan fingerprint density at radius 3 is 1.50 bits per heavy atom. The molecule has 0 aromatic carbocycles. The molecule has 0 aromatic rings. The molecular formula is C13H29P. The second kappa shape index (κ2) is 11.5. The third kappa shape index (κ3) is 12.4. The highest BCUT2D eigenvalue weighted by Crippen LogP contribution is 2.26. The van der Waals surface area contributed by atoms with Gasteiger partial charge in [0.2, 0.25) is 0 Å². The Bertz CT molecular complexity index is 99.4. The van der Waals surface area contributed by atoms with Crippen molar-refractivity contribution in [2.24, 2.45) is 0 Å². The minimum atomic E-state index is 0.367. The Morgan fingerprint density at radius 1 is 0.643 bits per heavy atom. The van der Waals surface area contributed by atoms with Gasteiger partial charge >= 0.3 is 0 Å².